The Morgan fingerprint density at radius 3 is 0.809 bits per heavy atom. The van der Waals surface area contributed by atoms with E-state index in [4.69, 9.17) is 0 Å². The van der Waals surface area contributed by atoms with E-state index >= 15 is 0 Å². The third-order valence-electron chi connectivity index (χ3n) is 13.3. The zero-order valence-corrected chi connectivity index (χ0v) is 31.7. The van der Waals surface area contributed by atoms with Crippen LogP contribution in [0.5, 0.6) is 0 Å². The van der Waals surface area contributed by atoms with Crippen molar-refractivity contribution in [3.05, 3.63) is 0 Å². The molecule has 0 amide bonds. The molecule has 0 N–H and O–H groups in total. The van der Waals surface area contributed by atoms with Gasteiger partial charge in [0.2, 0.25) is 0 Å². The van der Waals surface area contributed by atoms with Crippen LogP contribution in [0.1, 0.15) is 184 Å². The van der Waals surface area contributed by atoms with Crippen molar-refractivity contribution in [3.63, 3.8) is 0 Å². The van der Waals surface area contributed by atoms with E-state index < -0.39 is 29.6 Å². The summed E-state index contributed by atoms with van der Waals surface area (Å²) < 4.78 is 83.5. The van der Waals surface area contributed by atoms with E-state index in [1.807, 2.05) is 13.8 Å². The second-order valence-electron chi connectivity index (χ2n) is 17.8. The number of rotatable bonds is 2. The summed E-state index contributed by atoms with van der Waals surface area (Å²) in [6.45, 7) is 18.0. The van der Waals surface area contributed by atoms with Gasteiger partial charge in [-0.05, 0) is 91.3 Å². The van der Waals surface area contributed by atoms with Gasteiger partial charge in [0, 0.05) is 0 Å². The van der Waals surface area contributed by atoms with E-state index in [0.29, 0.717) is 25.7 Å². The van der Waals surface area contributed by atoms with Crippen LogP contribution in [-0.2, 0) is 0 Å². The maximum absolute atomic E-state index is 13.9. The first kappa shape index (κ1) is 42.7. The molecule has 5 aliphatic rings. The fourth-order valence-corrected chi connectivity index (χ4v) is 9.52. The monoisotopic (exact) mass is 681 g/mol. The minimum atomic E-state index is -5.23. The van der Waals surface area contributed by atoms with Gasteiger partial charge < -0.3 is 0 Å². The minimum absolute atomic E-state index is 0.0340. The highest BCUT2D eigenvalue weighted by atomic mass is 19.4. The van der Waals surface area contributed by atoms with Crippen LogP contribution in [0, 0.1) is 64.6 Å². The van der Waals surface area contributed by atoms with E-state index in [-0.39, 0.29) is 37.5 Å². The molecule has 5 fully saturated rings. The molecule has 6 heteroatoms. The van der Waals surface area contributed by atoms with Crippen LogP contribution in [-0.4, -0.2) is 12.4 Å². The van der Waals surface area contributed by atoms with Crippen molar-refractivity contribution in [1.29, 1.82) is 0 Å². The summed E-state index contributed by atoms with van der Waals surface area (Å²) in [5.74, 6) is 3.87. The van der Waals surface area contributed by atoms with Gasteiger partial charge in [-0.3, -0.25) is 0 Å². The maximum atomic E-state index is 13.9. The molecule has 0 bridgehead atoms. The van der Waals surface area contributed by atoms with Crippen molar-refractivity contribution in [2.75, 3.05) is 0 Å². The minimum Gasteiger partial charge on any atom is -0.170 e. The molecule has 0 nitrogen and oxygen atoms in total. The Bertz CT molecular complexity index is 743. The lowest BCUT2D eigenvalue weighted by Gasteiger charge is -2.51. The third-order valence-corrected chi connectivity index (χ3v) is 13.3. The summed E-state index contributed by atoms with van der Waals surface area (Å²) in [6, 6.07) is 0. The van der Waals surface area contributed by atoms with E-state index in [2.05, 4.69) is 41.5 Å². The first-order valence-corrected chi connectivity index (χ1v) is 20.0. The van der Waals surface area contributed by atoms with Crippen LogP contribution in [0.3, 0.4) is 0 Å². The molecule has 280 valence electrons. The van der Waals surface area contributed by atoms with Gasteiger partial charge in [-0.1, -0.05) is 152 Å². The fourth-order valence-electron chi connectivity index (χ4n) is 9.52. The van der Waals surface area contributed by atoms with E-state index in [0.717, 1.165) is 35.5 Å². The first-order valence-electron chi connectivity index (χ1n) is 20.0. The SMILES string of the molecule is CC1CCC(C(C2CCC(C)CC2)(C(F)(F)F)C(F)(F)F)CC1.CC1CCC(C)CC1.CC1CCCC(C)C1.CC1CCCCC1C. The predicted octanol–water partition coefficient (Wildman–Crippen LogP) is 15.2. The highest BCUT2D eigenvalue weighted by molar-refractivity contribution is 5.04. The average molecular weight is 681 g/mol. The molecule has 5 rings (SSSR count). The molecule has 4 unspecified atom stereocenters. The molecule has 0 aromatic carbocycles. The molecule has 5 aliphatic carbocycles. The Morgan fingerprint density at radius 2 is 0.596 bits per heavy atom. The van der Waals surface area contributed by atoms with Gasteiger partial charge in [-0.2, -0.15) is 26.3 Å². The van der Waals surface area contributed by atoms with Gasteiger partial charge in [0.25, 0.3) is 0 Å². The van der Waals surface area contributed by atoms with Crippen LogP contribution < -0.4 is 0 Å². The standard InChI is InChI=1S/C17H26F6.3C8H16/c1-11-3-7-13(8-4-11)15(16(18,19)20,17(21,22)23)14-9-5-12(2)6-10-14;1-7-3-5-8(2)6-4-7;1-7-4-3-5-8(2)6-7;1-7-5-3-4-6-8(7)2/h11-14H,3-10H2,1-2H3;3*7-8H,3-6H2,1-2H3. The molecular formula is C41H74F6. The summed E-state index contributed by atoms with van der Waals surface area (Å²) >= 11 is 0. The molecule has 0 spiro atoms. The molecule has 0 aromatic rings. The van der Waals surface area contributed by atoms with Crippen LogP contribution in [0.15, 0.2) is 0 Å². The molecule has 47 heavy (non-hydrogen) atoms. The normalized spacial score (nSPS) is 37.1. The number of alkyl halides is 6. The molecule has 5 saturated carbocycles. The molecular weight excluding hydrogens is 606 g/mol. The summed E-state index contributed by atoms with van der Waals surface area (Å²) in [6.07, 6.45) is 9.20. The van der Waals surface area contributed by atoms with Crippen LogP contribution in [0.4, 0.5) is 26.3 Å². The van der Waals surface area contributed by atoms with Gasteiger partial charge in [-0.25, -0.2) is 0 Å². The molecule has 0 radical (unpaired) electrons. The molecule has 0 heterocycles. The smallest absolute Gasteiger partial charge is 0.170 e. The van der Waals surface area contributed by atoms with Crippen molar-refractivity contribution >= 4 is 0 Å². The highest BCUT2D eigenvalue weighted by Gasteiger charge is 2.76. The Kier molecular flexibility index (Phi) is 18.0. The van der Waals surface area contributed by atoms with Crippen molar-refractivity contribution in [3.8, 4) is 0 Å². The Balaban J connectivity index is 0.000000258. The molecule has 0 saturated heterocycles. The number of halogens is 6. The van der Waals surface area contributed by atoms with Crippen LogP contribution in [0.25, 0.3) is 0 Å². The lowest BCUT2D eigenvalue weighted by molar-refractivity contribution is -0.382. The molecule has 4 atom stereocenters. The predicted molar refractivity (Wildman–Crippen MR) is 187 cm³/mol. The third kappa shape index (κ3) is 13.3. The summed E-state index contributed by atoms with van der Waals surface area (Å²) in [4.78, 5) is 0. The van der Waals surface area contributed by atoms with Crippen molar-refractivity contribution < 1.29 is 26.3 Å². The van der Waals surface area contributed by atoms with Crippen molar-refractivity contribution in [1.82, 2.24) is 0 Å². The van der Waals surface area contributed by atoms with Crippen LogP contribution >= 0.6 is 0 Å². The van der Waals surface area contributed by atoms with Gasteiger partial charge in [-0.15, -0.1) is 0 Å². The van der Waals surface area contributed by atoms with Gasteiger partial charge in [0.05, 0.1) is 0 Å². The van der Waals surface area contributed by atoms with E-state index in [1.54, 1.807) is 0 Å². The topological polar surface area (TPSA) is 0 Å². The van der Waals surface area contributed by atoms with Gasteiger partial charge in [0.1, 0.15) is 0 Å². The molecule has 0 aliphatic heterocycles. The van der Waals surface area contributed by atoms with Crippen LogP contribution in [0.2, 0.25) is 0 Å². The Hall–Kier alpha value is -0.420. The fraction of sp³-hybridized carbons (Fsp3) is 1.00. The highest BCUT2D eigenvalue weighted by Crippen LogP contribution is 2.65. The summed E-state index contributed by atoms with van der Waals surface area (Å²) in [7, 11) is 0. The Labute approximate surface area is 286 Å². The second-order valence-corrected chi connectivity index (χ2v) is 17.8. The van der Waals surface area contributed by atoms with Gasteiger partial charge >= 0.3 is 12.4 Å². The zero-order valence-electron chi connectivity index (χ0n) is 31.7. The average Bonchev–Trinajstić information content (AvgIpc) is 2.98. The summed E-state index contributed by atoms with van der Waals surface area (Å²) in [5.41, 5.74) is -3.51. The largest absolute Gasteiger partial charge is 0.403 e. The van der Waals surface area contributed by atoms with E-state index in [9.17, 15) is 26.3 Å². The maximum Gasteiger partial charge on any atom is 0.403 e. The first-order chi connectivity index (χ1) is 21.9. The number of hydrogen-bond acceptors (Lipinski definition) is 0. The molecule has 0 aromatic heterocycles. The van der Waals surface area contributed by atoms with E-state index in [1.165, 1.54) is 77.0 Å². The second kappa shape index (κ2) is 19.8. The Morgan fingerprint density at radius 1 is 0.319 bits per heavy atom. The van der Waals surface area contributed by atoms with Gasteiger partial charge in [0.15, 0.2) is 5.41 Å². The quantitative estimate of drug-likeness (QED) is 0.255. The van der Waals surface area contributed by atoms with Crippen molar-refractivity contribution in [2.45, 2.75) is 196 Å². The zero-order chi connectivity index (χ0) is 35.4. The lowest BCUT2D eigenvalue weighted by Crippen LogP contribution is -2.60. The lowest BCUT2D eigenvalue weighted by atomic mass is 9.56. The summed E-state index contributed by atoms with van der Waals surface area (Å²) in [5, 5.41) is 0. The number of hydrogen-bond donors (Lipinski definition) is 0. The van der Waals surface area contributed by atoms with Crippen molar-refractivity contribution in [2.24, 2.45) is 64.6 Å².